The van der Waals surface area contributed by atoms with Gasteiger partial charge in [-0.3, -0.25) is 0 Å². The summed E-state index contributed by atoms with van der Waals surface area (Å²) >= 11 is 0. The molecule has 0 N–H and O–H groups in total. The number of ether oxygens (including phenoxy) is 2. The van der Waals surface area contributed by atoms with E-state index >= 15 is 0 Å². The maximum Gasteiger partial charge on any atom is 0.355 e. The molecule has 8 heteroatoms. The number of nitrogens with zero attached hydrogens (tertiary/aromatic N) is 4. The Morgan fingerprint density at radius 1 is 1.04 bits per heavy atom. The maximum atomic E-state index is 12.4. The van der Waals surface area contributed by atoms with E-state index in [1.165, 1.54) is 26.6 Å². The van der Waals surface area contributed by atoms with Gasteiger partial charge in [0.05, 0.1) is 26.3 Å². The van der Waals surface area contributed by atoms with Crippen molar-refractivity contribution in [2.24, 2.45) is 0 Å². The van der Waals surface area contributed by atoms with Crippen molar-refractivity contribution >= 4 is 17.6 Å². The first-order chi connectivity index (χ1) is 13.1. The molecule has 0 aliphatic carbocycles. The highest BCUT2D eigenvalue weighted by Gasteiger charge is 2.27. The Bertz CT molecular complexity index is 912. The normalized spacial score (nSPS) is 13.5. The van der Waals surface area contributed by atoms with Crippen LogP contribution in [0, 0.1) is 0 Å². The zero-order valence-electron chi connectivity index (χ0n) is 14.9. The SMILES string of the molecule is COC(=O)C1=C(C(=O)OC)N(c2ccc(Cn3cncn3)cc2)C=CC=C1. The quantitative estimate of drug-likeness (QED) is 0.746. The number of hydrogen-bond acceptors (Lipinski definition) is 7. The van der Waals surface area contributed by atoms with Crippen molar-refractivity contribution < 1.29 is 19.1 Å². The molecule has 1 aromatic heterocycles. The molecular weight excluding hydrogens is 348 g/mol. The molecule has 2 aromatic rings. The highest BCUT2D eigenvalue weighted by atomic mass is 16.5. The lowest BCUT2D eigenvalue weighted by molar-refractivity contribution is -0.139. The fourth-order valence-electron chi connectivity index (χ4n) is 2.63. The Hall–Kier alpha value is -3.68. The third-order valence-corrected chi connectivity index (χ3v) is 3.91. The van der Waals surface area contributed by atoms with Crippen LogP contribution in [0.2, 0.25) is 0 Å². The van der Waals surface area contributed by atoms with E-state index in [1.807, 2.05) is 24.3 Å². The second-order valence-corrected chi connectivity index (χ2v) is 5.58. The zero-order valence-corrected chi connectivity index (χ0v) is 14.9. The summed E-state index contributed by atoms with van der Waals surface area (Å²) in [5.41, 5.74) is 1.90. The van der Waals surface area contributed by atoms with Crippen LogP contribution in [0.4, 0.5) is 5.69 Å². The maximum absolute atomic E-state index is 12.4. The van der Waals surface area contributed by atoms with Crippen LogP contribution in [-0.2, 0) is 25.6 Å². The van der Waals surface area contributed by atoms with Gasteiger partial charge in [0, 0.05) is 11.9 Å². The molecule has 0 saturated carbocycles. The first-order valence-electron chi connectivity index (χ1n) is 8.10. The van der Waals surface area contributed by atoms with Gasteiger partial charge in [-0.15, -0.1) is 0 Å². The number of carbonyl (C=O) groups excluding carboxylic acids is 2. The van der Waals surface area contributed by atoms with E-state index < -0.39 is 11.9 Å². The van der Waals surface area contributed by atoms with Crippen LogP contribution in [0.5, 0.6) is 0 Å². The van der Waals surface area contributed by atoms with Crippen molar-refractivity contribution in [2.75, 3.05) is 19.1 Å². The first-order valence-corrected chi connectivity index (χ1v) is 8.10. The highest BCUT2D eigenvalue weighted by molar-refractivity contribution is 6.05. The van der Waals surface area contributed by atoms with E-state index in [0.29, 0.717) is 12.2 Å². The minimum Gasteiger partial charge on any atom is -0.465 e. The first kappa shape index (κ1) is 18.1. The van der Waals surface area contributed by atoms with Gasteiger partial charge in [-0.25, -0.2) is 19.3 Å². The number of aromatic nitrogens is 3. The van der Waals surface area contributed by atoms with Gasteiger partial charge in [0.1, 0.15) is 18.4 Å². The van der Waals surface area contributed by atoms with Crippen molar-refractivity contribution in [1.82, 2.24) is 14.8 Å². The smallest absolute Gasteiger partial charge is 0.355 e. The Labute approximate surface area is 156 Å². The average molecular weight is 366 g/mol. The third-order valence-electron chi connectivity index (χ3n) is 3.91. The van der Waals surface area contributed by atoms with E-state index in [1.54, 1.807) is 34.3 Å². The average Bonchev–Trinajstić information content (AvgIpc) is 3.10. The molecule has 1 aliphatic heterocycles. The summed E-state index contributed by atoms with van der Waals surface area (Å²) in [5.74, 6) is -1.26. The van der Waals surface area contributed by atoms with Gasteiger partial charge in [-0.2, -0.15) is 5.10 Å². The van der Waals surface area contributed by atoms with Crippen molar-refractivity contribution in [3.05, 3.63) is 78.2 Å². The molecule has 0 radical (unpaired) electrons. The fourth-order valence-corrected chi connectivity index (χ4v) is 2.63. The molecule has 0 amide bonds. The third kappa shape index (κ3) is 3.95. The molecule has 0 unspecified atom stereocenters. The number of carbonyl (C=O) groups is 2. The van der Waals surface area contributed by atoms with Crippen molar-refractivity contribution in [1.29, 1.82) is 0 Å². The Balaban J connectivity index is 1.97. The van der Waals surface area contributed by atoms with Gasteiger partial charge < -0.3 is 14.4 Å². The summed E-state index contributed by atoms with van der Waals surface area (Å²) in [7, 11) is 2.53. The predicted molar refractivity (Wildman–Crippen MR) is 97.4 cm³/mol. The lowest BCUT2D eigenvalue weighted by atomic mass is 10.1. The predicted octanol–water partition coefficient (Wildman–Crippen LogP) is 1.82. The standard InChI is InChI=1S/C19H18N4O4/c1-26-18(24)16-5-3-4-10-23(17(16)19(25)27-2)15-8-6-14(7-9-15)11-22-13-20-12-21-22/h3-10,12-13H,11H2,1-2H3. The number of hydrogen-bond donors (Lipinski definition) is 0. The van der Waals surface area contributed by atoms with Crippen LogP contribution in [-0.4, -0.2) is 40.9 Å². The number of benzene rings is 1. The number of rotatable bonds is 5. The summed E-state index contributed by atoms with van der Waals surface area (Å²) in [4.78, 5) is 30.1. The molecule has 138 valence electrons. The molecule has 0 bridgehead atoms. The molecule has 0 atom stereocenters. The van der Waals surface area contributed by atoms with Gasteiger partial charge in [-0.05, 0) is 29.8 Å². The summed E-state index contributed by atoms with van der Waals surface area (Å²) in [6.45, 7) is 0.574. The monoisotopic (exact) mass is 366 g/mol. The largest absolute Gasteiger partial charge is 0.465 e. The van der Waals surface area contributed by atoms with Crippen LogP contribution in [0.25, 0.3) is 0 Å². The van der Waals surface area contributed by atoms with Gasteiger partial charge in [0.2, 0.25) is 0 Å². The minimum atomic E-state index is -0.640. The van der Waals surface area contributed by atoms with Crippen LogP contribution in [0.3, 0.4) is 0 Å². The van der Waals surface area contributed by atoms with Crippen LogP contribution in [0.15, 0.2) is 72.6 Å². The van der Waals surface area contributed by atoms with Crippen LogP contribution < -0.4 is 4.90 Å². The molecule has 1 aliphatic rings. The number of anilines is 1. The van der Waals surface area contributed by atoms with E-state index in [2.05, 4.69) is 10.1 Å². The molecule has 27 heavy (non-hydrogen) atoms. The Morgan fingerprint density at radius 2 is 1.78 bits per heavy atom. The Kier molecular flexibility index (Phi) is 5.46. The van der Waals surface area contributed by atoms with Gasteiger partial charge in [-0.1, -0.05) is 18.2 Å². The van der Waals surface area contributed by atoms with Crippen molar-refractivity contribution in [3.63, 3.8) is 0 Å². The number of methoxy groups -OCH3 is 2. The number of esters is 2. The molecule has 0 saturated heterocycles. The lowest BCUT2D eigenvalue weighted by Crippen LogP contribution is -2.26. The van der Waals surface area contributed by atoms with E-state index in [-0.39, 0.29) is 11.3 Å². The molecule has 1 aromatic carbocycles. The second-order valence-electron chi connectivity index (χ2n) is 5.58. The van der Waals surface area contributed by atoms with Crippen molar-refractivity contribution in [3.8, 4) is 0 Å². The van der Waals surface area contributed by atoms with E-state index in [9.17, 15) is 9.59 Å². The molecule has 8 nitrogen and oxygen atoms in total. The molecule has 0 fully saturated rings. The van der Waals surface area contributed by atoms with Gasteiger partial charge in [0.15, 0.2) is 0 Å². The van der Waals surface area contributed by atoms with Gasteiger partial charge >= 0.3 is 11.9 Å². The fraction of sp³-hybridized carbons (Fsp3) is 0.158. The summed E-state index contributed by atoms with van der Waals surface area (Å²) in [6, 6.07) is 7.52. The van der Waals surface area contributed by atoms with Gasteiger partial charge in [0.25, 0.3) is 0 Å². The van der Waals surface area contributed by atoms with E-state index in [4.69, 9.17) is 9.47 Å². The Morgan fingerprint density at radius 3 is 2.41 bits per heavy atom. The zero-order chi connectivity index (χ0) is 19.2. The molecule has 2 heterocycles. The second kappa shape index (κ2) is 8.13. The molecular formula is C19H18N4O4. The minimum absolute atomic E-state index is 0.0818. The number of allylic oxidation sites excluding steroid dienone is 2. The summed E-state index contributed by atoms with van der Waals surface area (Å²) in [5, 5.41) is 4.08. The van der Waals surface area contributed by atoms with Crippen molar-refractivity contribution in [2.45, 2.75) is 6.54 Å². The summed E-state index contributed by atoms with van der Waals surface area (Å²) < 4.78 is 11.4. The molecule has 0 spiro atoms. The highest BCUT2D eigenvalue weighted by Crippen LogP contribution is 2.26. The topological polar surface area (TPSA) is 86.6 Å². The summed E-state index contributed by atoms with van der Waals surface area (Å²) in [6.07, 6.45) is 9.71. The molecule has 3 rings (SSSR count). The van der Waals surface area contributed by atoms with E-state index in [0.717, 1.165) is 5.56 Å². The van der Waals surface area contributed by atoms with Crippen LogP contribution >= 0.6 is 0 Å². The van der Waals surface area contributed by atoms with Crippen LogP contribution in [0.1, 0.15) is 5.56 Å². The lowest BCUT2D eigenvalue weighted by Gasteiger charge is -2.23.